The van der Waals surface area contributed by atoms with Crippen molar-refractivity contribution < 1.29 is 9.90 Å². The molecule has 0 spiro atoms. The molecule has 1 aromatic carbocycles. The lowest BCUT2D eigenvalue weighted by Gasteiger charge is -2.41. The summed E-state index contributed by atoms with van der Waals surface area (Å²) in [7, 11) is 0. The second-order valence-electron chi connectivity index (χ2n) is 7.46. The van der Waals surface area contributed by atoms with Crippen molar-refractivity contribution in [3.8, 4) is 0 Å². The van der Waals surface area contributed by atoms with Gasteiger partial charge in [0.15, 0.2) is 5.69 Å². The maximum absolute atomic E-state index is 11.1. The zero-order chi connectivity index (χ0) is 18.3. The van der Waals surface area contributed by atoms with Gasteiger partial charge < -0.3 is 10.0 Å². The van der Waals surface area contributed by atoms with Crippen LogP contribution in [0.5, 0.6) is 0 Å². The average molecular weight is 354 g/mol. The topological polar surface area (TPSA) is 61.6 Å². The third-order valence-electron chi connectivity index (χ3n) is 5.94. The summed E-state index contributed by atoms with van der Waals surface area (Å²) in [6.07, 6.45) is 2.29. The molecule has 3 heterocycles. The van der Waals surface area contributed by atoms with E-state index < -0.39 is 5.97 Å². The van der Waals surface area contributed by atoms with Gasteiger partial charge in [0.2, 0.25) is 0 Å². The summed E-state index contributed by atoms with van der Waals surface area (Å²) in [5, 5.41) is 13.3. The molecule has 0 atom stereocenters. The highest BCUT2D eigenvalue weighted by molar-refractivity contribution is 5.85. The quantitative estimate of drug-likeness (QED) is 0.918. The highest BCUT2D eigenvalue weighted by Gasteiger charge is 2.29. The van der Waals surface area contributed by atoms with Crippen molar-refractivity contribution in [3.05, 3.63) is 46.8 Å². The van der Waals surface area contributed by atoms with Crippen LogP contribution >= 0.6 is 0 Å². The Hall–Kier alpha value is -2.34. The number of carboxylic acid groups (broad SMARTS) is 1. The minimum absolute atomic E-state index is 0.159. The van der Waals surface area contributed by atoms with E-state index in [1.807, 2.05) is 4.68 Å². The highest BCUT2D eigenvalue weighted by Crippen LogP contribution is 2.28. The summed E-state index contributed by atoms with van der Waals surface area (Å²) < 4.78 is 1.85. The van der Waals surface area contributed by atoms with Crippen LogP contribution in [0.1, 0.15) is 40.2 Å². The molecule has 1 saturated heterocycles. The number of aromatic carboxylic acids is 1. The SMILES string of the molecule is Cc1cccc(N2CCC(N3CCn4nc(C(=O)O)cc4C3)CC2)c1C. The predicted molar refractivity (Wildman–Crippen MR) is 101 cm³/mol. The number of anilines is 1. The molecule has 1 fully saturated rings. The van der Waals surface area contributed by atoms with Gasteiger partial charge in [-0.05, 0) is 49.9 Å². The first-order chi connectivity index (χ1) is 12.5. The Morgan fingerprint density at radius 3 is 2.65 bits per heavy atom. The lowest BCUT2D eigenvalue weighted by atomic mass is 9.99. The molecule has 4 rings (SSSR count). The van der Waals surface area contributed by atoms with Crippen molar-refractivity contribution >= 4 is 11.7 Å². The van der Waals surface area contributed by atoms with Crippen LogP contribution in [0.25, 0.3) is 0 Å². The van der Waals surface area contributed by atoms with Gasteiger partial charge in [-0.3, -0.25) is 9.58 Å². The molecule has 0 amide bonds. The maximum atomic E-state index is 11.1. The van der Waals surface area contributed by atoms with Gasteiger partial charge in [-0.25, -0.2) is 4.79 Å². The number of hydrogen-bond acceptors (Lipinski definition) is 4. The van der Waals surface area contributed by atoms with E-state index in [1.165, 1.54) is 16.8 Å². The Morgan fingerprint density at radius 1 is 1.15 bits per heavy atom. The molecule has 0 saturated carbocycles. The predicted octanol–water partition coefficient (Wildman–Crippen LogP) is 2.68. The van der Waals surface area contributed by atoms with E-state index in [1.54, 1.807) is 6.07 Å². The first-order valence-corrected chi connectivity index (χ1v) is 9.38. The molecule has 0 aliphatic carbocycles. The van der Waals surface area contributed by atoms with Crippen LogP contribution in [0.4, 0.5) is 5.69 Å². The largest absolute Gasteiger partial charge is 0.476 e. The van der Waals surface area contributed by atoms with Crippen LogP contribution in [-0.2, 0) is 13.1 Å². The molecule has 2 aliphatic rings. The van der Waals surface area contributed by atoms with E-state index in [2.05, 4.69) is 46.9 Å². The molecule has 0 radical (unpaired) electrons. The average Bonchev–Trinajstić information content (AvgIpc) is 3.08. The number of carbonyl (C=O) groups is 1. The van der Waals surface area contributed by atoms with Gasteiger partial charge >= 0.3 is 5.97 Å². The molecular formula is C20H26N4O2. The number of benzene rings is 1. The Kier molecular flexibility index (Phi) is 4.44. The van der Waals surface area contributed by atoms with E-state index >= 15 is 0 Å². The lowest BCUT2D eigenvalue weighted by Crippen LogP contribution is -2.47. The summed E-state index contributed by atoms with van der Waals surface area (Å²) in [6.45, 7) is 9.06. The minimum atomic E-state index is -0.944. The number of rotatable bonds is 3. The number of piperidine rings is 1. The van der Waals surface area contributed by atoms with Crippen molar-refractivity contribution in [2.45, 2.75) is 45.8 Å². The molecule has 6 heteroatoms. The fourth-order valence-corrected chi connectivity index (χ4v) is 4.25. The van der Waals surface area contributed by atoms with Gasteiger partial charge in [-0.2, -0.15) is 5.10 Å². The van der Waals surface area contributed by atoms with Crippen LogP contribution in [0.15, 0.2) is 24.3 Å². The highest BCUT2D eigenvalue weighted by atomic mass is 16.4. The van der Waals surface area contributed by atoms with Gasteiger partial charge in [-0.1, -0.05) is 12.1 Å². The van der Waals surface area contributed by atoms with Crippen LogP contribution in [-0.4, -0.2) is 51.4 Å². The Labute approximate surface area is 154 Å². The van der Waals surface area contributed by atoms with Gasteiger partial charge in [0.05, 0.1) is 12.2 Å². The number of nitrogens with zero attached hydrogens (tertiary/aromatic N) is 4. The number of hydrogen-bond donors (Lipinski definition) is 1. The van der Waals surface area contributed by atoms with Gasteiger partial charge in [-0.15, -0.1) is 0 Å². The van der Waals surface area contributed by atoms with Crippen LogP contribution in [0.2, 0.25) is 0 Å². The molecule has 26 heavy (non-hydrogen) atoms. The molecule has 1 N–H and O–H groups in total. The zero-order valence-corrected chi connectivity index (χ0v) is 15.5. The van der Waals surface area contributed by atoms with Crippen LogP contribution in [0.3, 0.4) is 0 Å². The first-order valence-electron chi connectivity index (χ1n) is 9.38. The second kappa shape index (κ2) is 6.76. The van der Waals surface area contributed by atoms with Crippen LogP contribution in [0, 0.1) is 13.8 Å². The first kappa shape index (κ1) is 17.1. The van der Waals surface area contributed by atoms with E-state index in [0.717, 1.165) is 51.3 Å². The molecule has 138 valence electrons. The van der Waals surface area contributed by atoms with Gasteiger partial charge in [0.25, 0.3) is 0 Å². The molecule has 0 unspecified atom stereocenters. The monoisotopic (exact) mass is 354 g/mol. The molecule has 2 aromatic rings. The molecule has 0 bridgehead atoms. The van der Waals surface area contributed by atoms with Crippen molar-refractivity contribution in [3.63, 3.8) is 0 Å². The smallest absolute Gasteiger partial charge is 0.356 e. The summed E-state index contributed by atoms with van der Waals surface area (Å²) in [6, 6.07) is 8.84. The number of aromatic nitrogens is 2. The Bertz CT molecular complexity index is 821. The zero-order valence-electron chi connectivity index (χ0n) is 15.5. The lowest BCUT2D eigenvalue weighted by molar-refractivity contribution is 0.0689. The van der Waals surface area contributed by atoms with Crippen molar-refractivity contribution in [1.29, 1.82) is 0 Å². The maximum Gasteiger partial charge on any atom is 0.356 e. The summed E-state index contributed by atoms with van der Waals surface area (Å²) in [5.74, 6) is -0.944. The Morgan fingerprint density at radius 2 is 1.92 bits per heavy atom. The fourth-order valence-electron chi connectivity index (χ4n) is 4.25. The van der Waals surface area contributed by atoms with Crippen molar-refractivity contribution in [2.75, 3.05) is 24.5 Å². The molecule has 2 aliphatic heterocycles. The van der Waals surface area contributed by atoms with Crippen LogP contribution < -0.4 is 4.90 Å². The van der Waals surface area contributed by atoms with E-state index in [-0.39, 0.29) is 5.69 Å². The van der Waals surface area contributed by atoms with E-state index in [0.29, 0.717) is 6.04 Å². The molecule has 1 aromatic heterocycles. The fraction of sp³-hybridized carbons (Fsp3) is 0.500. The van der Waals surface area contributed by atoms with Gasteiger partial charge in [0, 0.05) is 37.9 Å². The third-order valence-corrected chi connectivity index (χ3v) is 5.94. The van der Waals surface area contributed by atoms with Gasteiger partial charge in [0.1, 0.15) is 0 Å². The summed E-state index contributed by atoms with van der Waals surface area (Å²) in [4.78, 5) is 16.1. The number of aryl methyl sites for hydroxylation is 1. The second-order valence-corrected chi connectivity index (χ2v) is 7.46. The third kappa shape index (κ3) is 3.09. The standard InChI is InChI=1S/C20H26N4O2/c1-14-4-3-5-19(15(14)2)22-8-6-16(7-9-22)23-10-11-24-17(13-23)12-18(21-24)20(25)26/h3-5,12,16H,6-11,13H2,1-2H3,(H,25,26). The van der Waals surface area contributed by atoms with E-state index in [4.69, 9.17) is 5.11 Å². The van der Waals surface area contributed by atoms with Crippen molar-refractivity contribution in [1.82, 2.24) is 14.7 Å². The summed E-state index contributed by atoms with van der Waals surface area (Å²) in [5.41, 5.74) is 5.28. The number of carboxylic acids is 1. The Balaban J connectivity index is 1.41. The molecule has 6 nitrogen and oxygen atoms in total. The normalized spacial score (nSPS) is 18.8. The minimum Gasteiger partial charge on any atom is -0.476 e. The molecular weight excluding hydrogens is 328 g/mol. The van der Waals surface area contributed by atoms with E-state index in [9.17, 15) is 4.79 Å². The number of fused-ring (bicyclic) bond motifs is 1. The summed E-state index contributed by atoms with van der Waals surface area (Å²) >= 11 is 0. The van der Waals surface area contributed by atoms with Crippen molar-refractivity contribution in [2.24, 2.45) is 0 Å².